The van der Waals surface area contributed by atoms with Crippen LogP contribution in [0.25, 0.3) is 11.3 Å². The standard InChI is InChI=1S/C47H72N4O13/c1-11-37-33(25-60-47-45(59-10)44(58-9)41(56)30(6)62-47)21-26(2)17-18-35(52)27(3)22-32(19-20-51-24-34(48-49-51)31-15-13-12-14-16-31)43(28(4)36(53)23-38(54)63-37)64-46-42(57)39(50(7)8)40(55)29(5)61-46/h12-18,21,24,27-30,32-33,36-37,39-47,53,55-57H,11,19-20,22-23,25H2,1-10H3/t27-,28+,29-,30?,32+,33-,36-,37-,39?,40-,41-,42?,43-,44+,45?,46+,47-/m1/s1. The molecule has 17 nitrogen and oxygen atoms in total. The van der Waals surface area contributed by atoms with Crippen molar-refractivity contribution >= 4 is 11.8 Å². The molecule has 1 aromatic heterocycles. The highest BCUT2D eigenvalue weighted by Crippen LogP contribution is 2.35. The smallest absolute Gasteiger partial charge is 0.308 e. The van der Waals surface area contributed by atoms with Gasteiger partial charge in [0.2, 0.25) is 0 Å². The van der Waals surface area contributed by atoms with E-state index in [1.807, 2.05) is 63.4 Å². The number of hydrogen-bond donors (Lipinski definition) is 4. The number of benzene rings is 1. The number of cyclic esters (lactones) is 1. The SMILES string of the molecule is CC[C@H]1OC(=O)C[C@@H](O)[C@H](C)[C@@H](O[C@@H]2O[C@H](C)[C@@H](O)C(N(C)C)C2O)[C@@H](CCn2cc(-c3ccccc3)nn2)C[C@@H](C)C(=O)C=CC(C)=C[C@@H]1CO[C@@H]1OC(C)[C@@H](O)[C@H](OC)C1OC. The van der Waals surface area contributed by atoms with E-state index >= 15 is 0 Å². The maximum Gasteiger partial charge on any atom is 0.308 e. The van der Waals surface area contributed by atoms with Crippen molar-refractivity contribution in [2.24, 2.45) is 23.7 Å². The van der Waals surface area contributed by atoms with Crippen molar-refractivity contribution in [2.45, 2.75) is 153 Å². The highest BCUT2D eigenvalue weighted by Gasteiger charge is 2.48. The summed E-state index contributed by atoms with van der Waals surface area (Å²) in [6.07, 6.45) is -3.31. The Labute approximate surface area is 377 Å². The average molecular weight is 901 g/mol. The molecule has 2 fully saturated rings. The number of carbonyl (C=O) groups excluding carboxylic acids is 2. The van der Waals surface area contributed by atoms with Crippen molar-refractivity contribution in [3.63, 3.8) is 0 Å². The molecule has 64 heavy (non-hydrogen) atoms. The lowest BCUT2D eigenvalue weighted by molar-refractivity contribution is -0.304. The summed E-state index contributed by atoms with van der Waals surface area (Å²) in [7, 11) is 6.46. The number of nitrogens with zero attached hydrogens (tertiary/aromatic N) is 4. The van der Waals surface area contributed by atoms with Gasteiger partial charge < -0.3 is 58.5 Å². The predicted octanol–water partition coefficient (Wildman–Crippen LogP) is 3.32. The molecule has 1 aromatic carbocycles. The molecule has 4 heterocycles. The topological polar surface area (TPSA) is 214 Å². The molecule has 0 bridgehead atoms. The van der Waals surface area contributed by atoms with E-state index in [1.165, 1.54) is 20.3 Å². The fourth-order valence-electron chi connectivity index (χ4n) is 9.13. The van der Waals surface area contributed by atoms with Gasteiger partial charge in [-0.2, -0.15) is 0 Å². The fourth-order valence-corrected chi connectivity index (χ4v) is 9.13. The number of aromatic nitrogens is 3. The van der Waals surface area contributed by atoms with E-state index in [0.717, 1.165) is 11.1 Å². The van der Waals surface area contributed by atoms with Gasteiger partial charge >= 0.3 is 5.97 Å². The van der Waals surface area contributed by atoms with E-state index in [9.17, 15) is 30.0 Å². The summed E-state index contributed by atoms with van der Waals surface area (Å²) in [6.45, 7) is 11.2. The molecule has 2 aromatic rings. The Morgan fingerprint density at radius 1 is 0.875 bits per heavy atom. The molecular formula is C47H72N4O13. The molecule has 0 spiro atoms. The second-order valence-corrected chi connectivity index (χ2v) is 18.0. The van der Waals surface area contributed by atoms with E-state index in [1.54, 1.807) is 50.5 Å². The van der Waals surface area contributed by atoms with E-state index in [0.29, 0.717) is 31.5 Å². The van der Waals surface area contributed by atoms with Gasteiger partial charge in [-0.15, -0.1) is 5.10 Å². The zero-order valence-electron chi connectivity index (χ0n) is 39.0. The molecule has 0 amide bonds. The number of esters is 1. The second-order valence-electron chi connectivity index (χ2n) is 18.0. The number of aliphatic hydroxyl groups excluding tert-OH is 4. The first kappa shape index (κ1) is 51.5. The maximum absolute atomic E-state index is 14.0. The molecule has 17 atom stereocenters. The van der Waals surface area contributed by atoms with Crippen molar-refractivity contribution in [2.75, 3.05) is 34.9 Å². The molecule has 358 valence electrons. The van der Waals surface area contributed by atoms with Crippen molar-refractivity contribution in [1.82, 2.24) is 19.9 Å². The molecule has 0 aliphatic carbocycles. The normalized spacial score (nSPS) is 37.4. The van der Waals surface area contributed by atoms with Gasteiger partial charge in [-0.25, -0.2) is 0 Å². The molecule has 17 heteroatoms. The third-order valence-corrected chi connectivity index (χ3v) is 13.0. The number of carbonyl (C=O) groups is 2. The summed E-state index contributed by atoms with van der Waals surface area (Å²) in [4.78, 5) is 29.6. The number of allylic oxidation sites excluding steroid dienone is 3. The van der Waals surface area contributed by atoms with Crippen LogP contribution in [0, 0.1) is 23.7 Å². The van der Waals surface area contributed by atoms with Crippen LogP contribution in [-0.4, -0.2) is 167 Å². The number of likely N-dealkylation sites (N-methyl/N-ethyl adjacent to an activating group) is 1. The first-order chi connectivity index (χ1) is 30.5. The Kier molecular flexibility index (Phi) is 19.2. The number of ketones is 1. The maximum atomic E-state index is 14.0. The van der Waals surface area contributed by atoms with Crippen molar-refractivity contribution in [1.29, 1.82) is 0 Å². The highest BCUT2D eigenvalue weighted by molar-refractivity contribution is 5.91. The van der Waals surface area contributed by atoms with Crippen LogP contribution in [0.4, 0.5) is 0 Å². The summed E-state index contributed by atoms with van der Waals surface area (Å²) in [5, 5.41) is 54.1. The zero-order valence-corrected chi connectivity index (χ0v) is 39.0. The second kappa shape index (κ2) is 23.8. The predicted molar refractivity (Wildman–Crippen MR) is 235 cm³/mol. The number of ether oxygens (including phenoxy) is 7. The summed E-state index contributed by atoms with van der Waals surface area (Å²) >= 11 is 0. The van der Waals surface area contributed by atoms with Crippen LogP contribution in [0.2, 0.25) is 0 Å². The molecule has 4 N–H and O–H groups in total. The van der Waals surface area contributed by atoms with Crippen LogP contribution in [0.5, 0.6) is 0 Å². The van der Waals surface area contributed by atoms with E-state index in [-0.39, 0.29) is 18.8 Å². The minimum Gasteiger partial charge on any atom is -0.462 e. The van der Waals surface area contributed by atoms with Crippen LogP contribution >= 0.6 is 0 Å². The minimum atomic E-state index is -1.29. The lowest BCUT2D eigenvalue weighted by Crippen LogP contribution is -2.63. The zero-order chi connectivity index (χ0) is 46.8. The Balaban J connectivity index is 1.47. The Hall–Kier alpha value is -3.46. The largest absolute Gasteiger partial charge is 0.462 e. The van der Waals surface area contributed by atoms with Crippen molar-refractivity contribution < 1.29 is 63.2 Å². The number of methoxy groups -OCH3 is 2. The summed E-state index contributed by atoms with van der Waals surface area (Å²) in [5.74, 6) is -3.01. The molecule has 0 saturated carbocycles. The quantitative estimate of drug-likeness (QED) is 0.212. The van der Waals surface area contributed by atoms with Crippen LogP contribution in [-0.2, 0) is 49.3 Å². The third-order valence-electron chi connectivity index (χ3n) is 13.0. The molecular weight excluding hydrogens is 829 g/mol. The summed E-state index contributed by atoms with van der Waals surface area (Å²) in [5.41, 5.74) is 2.33. The van der Waals surface area contributed by atoms with Gasteiger partial charge in [0.15, 0.2) is 18.4 Å². The Morgan fingerprint density at radius 2 is 1.55 bits per heavy atom. The fraction of sp³-hybridized carbons (Fsp3) is 0.702. The Morgan fingerprint density at radius 3 is 2.20 bits per heavy atom. The van der Waals surface area contributed by atoms with Crippen LogP contribution in [0.1, 0.15) is 67.2 Å². The van der Waals surface area contributed by atoms with Gasteiger partial charge in [-0.05, 0) is 66.1 Å². The number of hydrogen-bond acceptors (Lipinski definition) is 16. The Bertz CT molecular complexity index is 1830. The van der Waals surface area contributed by atoms with Gasteiger partial charge in [0, 0.05) is 44.1 Å². The molecule has 4 unspecified atom stereocenters. The van der Waals surface area contributed by atoms with Gasteiger partial charge in [-0.1, -0.05) is 74.0 Å². The van der Waals surface area contributed by atoms with E-state index < -0.39 is 109 Å². The first-order valence-corrected chi connectivity index (χ1v) is 22.5. The van der Waals surface area contributed by atoms with Gasteiger partial charge in [0.05, 0.1) is 55.8 Å². The van der Waals surface area contributed by atoms with Gasteiger partial charge in [0.1, 0.15) is 36.2 Å². The van der Waals surface area contributed by atoms with E-state index in [2.05, 4.69) is 10.3 Å². The number of rotatable bonds is 13. The lowest BCUT2D eigenvalue weighted by Gasteiger charge is -2.46. The lowest BCUT2D eigenvalue weighted by atomic mass is 9.79. The first-order valence-electron chi connectivity index (χ1n) is 22.5. The minimum absolute atomic E-state index is 0.0189. The van der Waals surface area contributed by atoms with Crippen LogP contribution in [0.3, 0.4) is 0 Å². The third kappa shape index (κ3) is 12.9. The van der Waals surface area contributed by atoms with E-state index in [4.69, 9.17) is 33.2 Å². The average Bonchev–Trinajstić information content (AvgIpc) is 3.75. The number of aryl methyl sites for hydroxylation is 1. The summed E-state index contributed by atoms with van der Waals surface area (Å²) in [6, 6.07) is 8.95. The molecule has 2 saturated heterocycles. The monoisotopic (exact) mass is 901 g/mol. The highest BCUT2D eigenvalue weighted by atomic mass is 16.7. The number of aliphatic hydroxyl groups is 4. The molecule has 3 aliphatic heterocycles. The van der Waals surface area contributed by atoms with Crippen LogP contribution < -0.4 is 0 Å². The van der Waals surface area contributed by atoms with Crippen molar-refractivity contribution in [3.8, 4) is 11.3 Å². The molecule has 5 rings (SSSR count). The van der Waals surface area contributed by atoms with Gasteiger partial charge in [-0.3, -0.25) is 14.3 Å². The van der Waals surface area contributed by atoms with Crippen LogP contribution in [0.15, 0.2) is 60.3 Å². The van der Waals surface area contributed by atoms with Gasteiger partial charge in [0.25, 0.3) is 0 Å². The van der Waals surface area contributed by atoms with Crippen molar-refractivity contribution in [3.05, 3.63) is 60.3 Å². The molecule has 3 aliphatic rings. The summed E-state index contributed by atoms with van der Waals surface area (Å²) < 4.78 is 44.2. The molecule has 0 radical (unpaired) electrons.